The number of hydrogen-bond acceptors (Lipinski definition) is 3. The van der Waals surface area contributed by atoms with E-state index in [4.69, 9.17) is 11.1 Å². The van der Waals surface area contributed by atoms with Gasteiger partial charge >= 0.3 is 0 Å². The van der Waals surface area contributed by atoms with Crippen molar-refractivity contribution in [2.45, 2.75) is 6.92 Å². The van der Waals surface area contributed by atoms with Crippen LogP contribution in [0, 0.1) is 11.2 Å². The Labute approximate surface area is 110 Å². The van der Waals surface area contributed by atoms with Crippen molar-refractivity contribution >= 4 is 17.5 Å². The quantitative estimate of drug-likeness (QED) is 0.654. The number of nitrogens with two attached hydrogens (primary N) is 1. The Hall–Kier alpha value is -2.56. The number of hydrogen-bond donors (Lipinski definition) is 2. The Morgan fingerprint density at radius 1 is 1.26 bits per heavy atom. The van der Waals surface area contributed by atoms with Crippen LogP contribution in [0.25, 0.3) is 11.6 Å². The Kier molecular flexibility index (Phi) is 3.66. The first-order valence-electron chi connectivity index (χ1n) is 5.68. The van der Waals surface area contributed by atoms with E-state index >= 15 is 0 Å². The highest BCUT2D eigenvalue weighted by Gasteiger charge is 2.08. The van der Waals surface area contributed by atoms with Crippen LogP contribution in [-0.2, 0) is 0 Å². The van der Waals surface area contributed by atoms with Crippen molar-refractivity contribution in [2.75, 3.05) is 0 Å². The highest BCUT2D eigenvalue weighted by Crippen LogP contribution is 2.20. The number of nitrogen functional groups attached to an aromatic ring is 1. The van der Waals surface area contributed by atoms with Crippen molar-refractivity contribution in [1.82, 2.24) is 9.97 Å². The maximum Gasteiger partial charge on any atom is 0.144 e. The van der Waals surface area contributed by atoms with Gasteiger partial charge in [-0.25, -0.2) is 9.37 Å². The molecule has 0 aliphatic rings. The van der Waals surface area contributed by atoms with Gasteiger partial charge in [0.1, 0.15) is 17.3 Å². The zero-order chi connectivity index (χ0) is 13.8. The van der Waals surface area contributed by atoms with Gasteiger partial charge in [0.05, 0.1) is 5.69 Å². The first kappa shape index (κ1) is 12.9. The van der Waals surface area contributed by atoms with Gasteiger partial charge in [0, 0.05) is 18.0 Å². The molecule has 0 saturated heterocycles. The molecular formula is C14H13FN4. The number of benzene rings is 1. The normalized spacial score (nSPS) is 11.4. The minimum atomic E-state index is -0.301. The van der Waals surface area contributed by atoms with E-state index in [0.717, 1.165) is 0 Å². The topological polar surface area (TPSA) is 75.7 Å². The summed E-state index contributed by atoms with van der Waals surface area (Å²) >= 11 is 0. The summed E-state index contributed by atoms with van der Waals surface area (Å²) in [6.07, 6.45) is 4.64. The Morgan fingerprint density at radius 2 is 1.95 bits per heavy atom. The maximum absolute atomic E-state index is 13.7. The summed E-state index contributed by atoms with van der Waals surface area (Å²) in [6.45, 7) is 1.77. The number of rotatable bonds is 3. The zero-order valence-electron chi connectivity index (χ0n) is 10.4. The van der Waals surface area contributed by atoms with Gasteiger partial charge in [-0.3, -0.25) is 10.4 Å². The minimum Gasteiger partial charge on any atom is -0.382 e. The number of amidine groups is 1. The summed E-state index contributed by atoms with van der Waals surface area (Å²) in [5.74, 6) is -0.467. The Balaban J connectivity index is 2.47. The molecule has 0 amide bonds. The molecule has 0 unspecified atom stereocenters. The second-order valence-corrected chi connectivity index (χ2v) is 4.01. The molecule has 4 nitrogen and oxygen atoms in total. The Morgan fingerprint density at radius 3 is 2.63 bits per heavy atom. The first-order chi connectivity index (χ1) is 9.09. The summed E-state index contributed by atoms with van der Waals surface area (Å²) in [5, 5.41) is 7.44. The van der Waals surface area contributed by atoms with Crippen LogP contribution < -0.4 is 5.73 Å². The van der Waals surface area contributed by atoms with E-state index in [0.29, 0.717) is 16.8 Å². The molecule has 0 bridgehead atoms. The lowest BCUT2D eigenvalue weighted by Gasteiger charge is -2.05. The van der Waals surface area contributed by atoms with Gasteiger partial charge in [0.25, 0.3) is 0 Å². The predicted molar refractivity (Wildman–Crippen MR) is 73.0 cm³/mol. The molecule has 2 aromatic rings. The standard InChI is InChI=1S/C14H13FN4/c1-9(10-4-2-3-5-11(10)15)8-12-13(14(16)17)19-7-6-18-12/h2-8H,1H3,(H3,16,17)/b9-8+. The summed E-state index contributed by atoms with van der Waals surface area (Å²) in [7, 11) is 0. The van der Waals surface area contributed by atoms with E-state index in [1.165, 1.54) is 18.5 Å². The molecule has 0 spiro atoms. The van der Waals surface area contributed by atoms with E-state index in [1.807, 2.05) is 0 Å². The van der Waals surface area contributed by atoms with Crippen molar-refractivity contribution in [1.29, 1.82) is 5.41 Å². The molecule has 1 aromatic heterocycles. The van der Waals surface area contributed by atoms with Crippen LogP contribution in [0.1, 0.15) is 23.9 Å². The molecule has 3 N–H and O–H groups in total. The Bertz CT molecular complexity index is 649. The van der Waals surface area contributed by atoms with Gasteiger partial charge in [-0.1, -0.05) is 18.2 Å². The smallest absolute Gasteiger partial charge is 0.144 e. The molecule has 0 aliphatic carbocycles. The van der Waals surface area contributed by atoms with Gasteiger partial charge < -0.3 is 5.73 Å². The summed E-state index contributed by atoms with van der Waals surface area (Å²) in [4.78, 5) is 8.11. The number of nitrogens with zero attached hydrogens (tertiary/aromatic N) is 2. The molecule has 0 radical (unpaired) electrons. The van der Waals surface area contributed by atoms with E-state index < -0.39 is 0 Å². The van der Waals surface area contributed by atoms with Crippen LogP contribution in [0.3, 0.4) is 0 Å². The average Bonchev–Trinajstić information content (AvgIpc) is 2.39. The van der Waals surface area contributed by atoms with Gasteiger partial charge in [-0.2, -0.15) is 0 Å². The van der Waals surface area contributed by atoms with Crippen molar-refractivity contribution < 1.29 is 4.39 Å². The summed E-state index contributed by atoms with van der Waals surface area (Å²) in [5.41, 5.74) is 7.36. The highest BCUT2D eigenvalue weighted by molar-refractivity contribution is 5.97. The van der Waals surface area contributed by atoms with Crippen LogP contribution in [0.5, 0.6) is 0 Å². The van der Waals surface area contributed by atoms with Crippen molar-refractivity contribution in [2.24, 2.45) is 5.73 Å². The fourth-order valence-corrected chi connectivity index (χ4v) is 1.73. The van der Waals surface area contributed by atoms with Gasteiger partial charge in [-0.05, 0) is 24.6 Å². The lowest BCUT2D eigenvalue weighted by Crippen LogP contribution is -2.15. The van der Waals surface area contributed by atoms with Crippen LogP contribution in [0.4, 0.5) is 4.39 Å². The molecule has 2 rings (SSSR count). The van der Waals surface area contributed by atoms with Crippen LogP contribution in [0.2, 0.25) is 0 Å². The van der Waals surface area contributed by atoms with Crippen molar-refractivity contribution in [3.8, 4) is 0 Å². The summed E-state index contributed by atoms with van der Waals surface area (Å²) in [6, 6.07) is 6.48. The lowest BCUT2D eigenvalue weighted by molar-refractivity contribution is 0.624. The van der Waals surface area contributed by atoms with Gasteiger partial charge in [0.2, 0.25) is 0 Å². The third kappa shape index (κ3) is 2.82. The molecule has 5 heteroatoms. The molecular weight excluding hydrogens is 243 g/mol. The van der Waals surface area contributed by atoms with Crippen LogP contribution in [0.15, 0.2) is 36.7 Å². The number of halogens is 1. The molecule has 0 saturated carbocycles. The molecule has 96 valence electrons. The molecule has 1 aromatic carbocycles. The molecule has 19 heavy (non-hydrogen) atoms. The molecule has 0 atom stereocenters. The number of nitrogens with one attached hydrogen (secondary N) is 1. The third-order valence-electron chi connectivity index (χ3n) is 2.63. The molecule has 0 fully saturated rings. The second kappa shape index (κ2) is 5.39. The SMILES string of the molecule is C/C(=C\c1nccnc1C(=N)N)c1ccccc1F. The molecule has 1 heterocycles. The fourth-order valence-electron chi connectivity index (χ4n) is 1.73. The van der Waals surface area contributed by atoms with E-state index in [9.17, 15) is 4.39 Å². The van der Waals surface area contributed by atoms with Crippen molar-refractivity contribution in [3.05, 3.63) is 59.4 Å². The number of allylic oxidation sites excluding steroid dienone is 1. The fraction of sp³-hybridized carbons (Fsp3) is 0.0714. The number of aromatic nitrogens is 2. The highest BCUT2D eigenvalue weighted by atomic mass is 19.1. The second-order valence-electron chi connectivity index (χ2n) is 4.01. The predicted octanol–water partition coefficient (Wildman–Crippen LogP) is 2.46. The minimum absolute atomic E-state index is 0.166. The average molecular weight is 256 g/mol. The third-order valence-corrected chi connectivity index (χ3v) is 2.63. The van der Waals surface area contributed by atoms with E-state index in [1.54, 1.807) is 31.2 Å². The zero-order valence-corrected chi connectivity index (χ0v) is 10.4. The van der Waals surface area contributed by atoms with Gasteiger partial charge in [-0.15, -0.1) is 0 Å². The van der Waals surface area contributed by atoms with Crippen LogP contribution in [-0.4, -0.2) is 15.8 Å². The van der Waals surface area contributed by atoms with E-state index in [2.05, 4.69) is 9.97 Å². The van der Waals surface area contributed by atoms with Crippen LogP contribution >= 0.6 is 0 Å². The largest absolute Gasteiger partial charge is 0.382 e. The maximum atomic E-state index is 13.7. The lowest BCUT2D eigenvalue weighted by atomic mass is 10.1. The molecule has 0 aliphatic heterocycles. The van der Waals surface area contributed by atoms with Crippen molar-refractivity contribution in [3.63, 3.8) is 0 Å². The van der Waals surface area contributed by atoms with Gasteiger partial charge in [0.15, 0.2) is 0 Å². The van der Waals surface area contributed by atoms with E-state index in [-0.39, 0.29) is 17.3 Å². The monoisotopic (exact) mass is 256 g/mol. The first-order valence-corrected chi connectivity index (χ1v) is 5.68. The summed E-state index contributed by atoms with van der Waals surface area (Å²) < 4.78 is 13.7.